The number of oxime groups is 1. The van der Waals surface area contributed by atoms with Gasteiger partial charge in [-0.3, -0.25) is 15.1 Å². The second kappa shape index (κ2) is 13.3. The maximum Gasteiger partial charge on any atom is 0.353 e. The number of hydrogen-bond donors (Lipinski definition) is 4. The van der Waals surface area contributed by atoms with Gasteiger partial charge in [-0.1, -0.05) is 16.9 Å². The summed E-state index contributed by atoms with van der Waals surface area (Å²) in [5.41, 5.74) is 3.85. The van der Waals surface area contributed by atoms with E-state index in [1.807, 2.05) is 41.5 Å². The summed E-state index contributed by atoms with van der Waals surface area (Å²) in [5.74, 6) is -2.17. The molecule has 3 aromatic heterocycles. The fourth-order valence-corrected chi connectivity index (χ4v) is 8.44. The number of carbonyl (C=O) groups is 2. The summed E-state index contributed by atoms with van der Waals surface area (Å²) in [4.78, 5) is 42.0. The van der Waals surface area contributed by atoms with Crippen LogP contribution in [0.25, 0.3) is 11.3 Å². The van der Waals surface area contributed by atoms with Crippen molar-refractivity contribution in [2.24, 2.45) is 18.1 Å². The van der Waals surface area contributed by atoms with Crippen molar-refractivity contribution in [2.45, 2.75) is 29.3 Å². The maximum atomic E-state index is 13.5. The topological polar surface area (TPSA) is 187 Å². The van der Waals surface area contributed by atoms with Crippen molar-refractivity contribution in [3.8, 4) is 11.3 Å². The van der Waals surface area contributed by atoms with Gasteiger partial charge in [0.15, 0.2) is 34.0 Å². The van der Waals surface area contributed by atoms with Crippen LogP contribution in [0.4, 0.5) is 0 Å². The number of fused-ring (bicyclic) bond motifs is 1. The first-order chi connectivity index (χ1) is 20.4. The maximum absolute atomic E-state index is 13.5. The molecule has 1 saturated heterocycles. The van der Waals surface area contributed by atoms with Crippen LogP contribution in [0.15, 0.2) is 50.0 Å². The minimum Gasteiger partial charge on any atom is -0.477 e. The number of aromatic nitrogens is 4. The fourth-order valence-electron chi connectivity index (χ4n) is 4.30. The van der Waals surface area contributed by atoms with Crippen LogP contribution < -0.4 is 10.0 Å². The number of rotatable bonds is 13. The number of pyridine rings is 1. The van der Waals surface area contributed by atoms with E-state index in [-0.39, 0.29) is 30.4 Å². The van der Waals surface area contributed by atoms with Gasteiger partial charge in [-0.2, -0.15) is 9.85 Å². The highest BCUT2D eigenvalue weighted by Crippen LogP contribution is 2.49. The number of aliphatic carboxylic acids is 1. The minimum absolute atomic E-state index is 0.0206. The number of ether oxygens (including phenoxy) is 1. The van der Waals surface area contributed by atoms with E-state index in [9.17, 15) is 19.9 Å². The van der Waals surface area contributed by atoms with Crippen molar-refractivity contribution in [3.63, 3.8) is 0 Å². The van der Waals surface area contributed by atoms with E-state index in [2.05, 4.69) is 25.0 Å². The average molecular weight is 650 g/mol. The molecular formula is C24H25N8O6S4+. The highest BCUT2D eigenvalue weighted by Gasteiger charge is 2.58. The highest BCUT2D eigenvalue weighted by atomic mass is 32.2. The quantitative estimate of drug-likeness (QED) is 0.0697. The van der Waals surface area contributed by atoms with Gasteiger partial charge in [0.05, 0.1) is 23.0 Å². The molecule has 42 heavy (non-hydrogen) atoms. The predicted octanol–water partition coefficient (Wildman–Crippen LogP) is 2.32. The molecule has 0 aliphatic carbocycles. The molecule has 14 nitrogen and oxygen atoms in total. The number of carbonyl (C=O) groups excluding carboxylic acids is 1. The Morgan fingerprint density at radius 1 is 1.40 bits per heavy atom. The Morgan fingerprint density at radius 3 is 2.88 bits per heavy atom. The van der Waals surface area contributed by atoms with E-state index in [1.54, 1.807) is 6.92 Å². The Hall–Kier alpha value is -3.42. The molecule has 0 spiro atoms. The summed E-state index contributed by atoms with van der Waals surface area (Å²) in [6.07, 6.45) is 4.63. The molecule has 5 rings (SSSR count). The smallest absolute Gasteiger partial charge is 0.353 e. The molecule has 220 valence electrons. The number of thioether (sulfide) groups is 2. The van der Waals surface area contributed by atoms with E-state index >= 15 is 0 Å². The third kappa shape index (κ3) is 6.04. The van der Waals surface area contributed by atoms with Crippen molar-refractivity contribution in [2.75, 3.05) is 12.4 Å². The lowest BCUT2D eigenvalue weighted by molar-refractivity contribution is -0.671. The zero-order chi connectivity index (χ0) is 29.8. The SMILES string of the molecule is CCO/N=C(\c1nsc(COC=N)n1)C(NO)[C@@H]1C(=O)N2C(C(=O)O)=C(Sc3nc(-c4cc[n+](C)cc4)cs3)CS[C@H]12. The first-order valence-electron chi connectivity index (χ1n) is 12.4. The lowest BCUT2D eigenvalue weighted by Crippen LogP contribution is -2.68. The molecule has 5 heterocycles. The number of amides is 1. The number of thiazole rings is 1. The van der Waals surface area contributed by atoms with Crippen molar-refractivity contribution in [1.29, 1.82) is 5.41 Å². The molecule has 1 unspecified atom stereocenters. The number of aryl methyl sites for hydroxylation is 1. The molecule has 3 atom stereocenters. The number of β-lactam (4-membered cyclic amide) rings is 1. The molecule has 0 radical (unpaired) electrons. The Labute approximate surface area is 256 Å². The zero-order valence-corrected chi connectivity index (χ0v) is 25.4. The molecule has 3 aromatic rings. The molecule has 1 fully saturated rings. The van der Waals surface area contributed by atoms with E-state index < -0.39 is 29.2 Å². The second-order valence-corrected chi connectivity index (χ2v) is 12.9. The van der Waals surface area contributed by atoms with Crippen LogP contribution in [-0.4, -0.2) is 77.3 Å². The third-order valence-corrected chi connectivity index (χ3v) is 10.4. The number of hydrogen-bond acceptors (Lipinski definition) is 15. The van der Waals surface area contributed by atoms with Crippen LogP contribution in [0.5, 0.6) is 0 Å². The van der Waals surface area contributed by atoms with Crippen LogP contribution in [0, 0.1) is 11.3 Å². The predicted molar refractivity (Wildman–Crippen MR) is 156 cm³/mol. The van der Waals surface area contributed by atoms with Gasteiger partial charge in [0, 0.05) is 33.7 Å². The fraction of sp³-hybridized carbons (Fsp3) is 0.333. The van der Waals surface area contributed by atoms with E-state index in [4.69, 9.17) is 15.0 Å². The highest BCUT2D eigenvalue weighted by molar-refractivity contribution is 8.07. The average Bonchev–Trinajstić information content (AvgIpc) is 3.65. The van der Waals surface area contributed by atoms with Crippen molar-refractivity contribution >= 4 is 70.4 Å². The third-order valence-electron chi connectivity index (χ3n) is 6.22. The standard InChI is InChI=1S/C24H24N8O6S4/c1-3-38-29-18(20-27-15(42-30-20)8-37-11-25)17(28-36)16-21(33)32-19(23(34)35)14(10-39-22(16)32)41-24-26-13(9-40-24)12-4-6-31(2)7-5-12/h4-7,9,11,16-17,22,25,28,36H,3,8,10H2,1-2H3/p+1/b25-11?,29-18-/t16-,17?,22-/m1/s1. The van der Waals surface area contributed by atoms with Crippen molar-refractivity contribution in [1.82, 2.24) is 24.7 Å². The first kappa shape index (κ1) is 30.1. The van der Waals surface area contributed by atoms with Gasteiger partial charge in [-0.15, -0.1) is 23.1 Å². The summed E-state index contributed by atoms with van der Waals surface area (Å²) in [5, 5.41) is 33.2. The first-order valence-corrected chi connectivity index (χ1v) is 15.9. The van der Waals surface area contributed by atoms with E-state index in [0.717, 1.165) is 29.2 Å². The number of nitrogens with one attached hydrogen (secondary N) is 2. The summed E-state index contributed by atoms with van der Waals surface area (Å²) >= 11 is 5.03. The summed E-state index contributed by atoms with van der Waals surface area (Å²) in [6.45, 7) is 1.96. The molecule has 0 saturated carbocycles. The summed E-state index contributed by atoms with van der Waals surface area (Å²) < 4.78 is 11.8. The van der Waals surface area contributed by atoms with Crippen molar-refractivity contribution < 1.29 is 34.0 Å². The van der Waals surface area contributed by atoms with Crippen LogP contribution in [-0.2, 0) is 32.8 Å². The Kier molecular flexibility index (Phi) is 9.49. The zero-order valence-electron chi connectivity index (χ0n) is 22.2. The van der Waals surface area contributed by atoms with Gasteiger partial charge < -0.3 is 19.9 Å². The molecular weight excluding hydrogens is 625 g/mol. The molecule has 1 amide bonds. The lowest BCUT2D eigenvalue weighted by atomic mass is 9.86. The minimum atomic E-state index is -1.23. The van der Waals surface area contributed by atoms with Crippen LogP contribution in [0.2, 0.25) is 0 Å². The molecule has 2 aliphatic heterocycles. The summed E-state index contributed by atoms with van der Waals surface area (Å²) in [7, 11) is 1.93. The van der Waals surface area contributed by atoms with E-state index in [1.165, 1.54) is 39.8 Å². The number of hydroxylamine groups is 1. The van der Waals surface area contributed by atoms with E-state index in [0.29, 0.717) is 20.0 Å². The number of nitrogens with zero attached hydrogens (tertiary/aromatic N) is 6. The van der Waals surface area contributed by atoms with Gasteiger partial charge >= 0.3 is 5.97 Å². The Balaban J connectivity index is 1.39. The van der Waals surface area contributed by atoms with Crippen LogP contribution in [0.3, 0.4) is 0 Å². The molecule has 0 bridgehead atoms. The Bertz CT molecular complexity index is 1540. The lowest BCUT2D eigenvalue weighted by Gasteiger charge is -2.51. The van der Waals surface area contributed by atoms with Crippen molar-refractivity contribution in [3.05, 3.63) is 51.3 Å². The monoisotopic (exact) mass is 649 g/mol. The number of carboxylic acids is 1. The van der Waals surface area contributed by atoms with Gasteiger partial charge in [0.1, 0.15) is 31.7 Å². The van der Waals surface area contributed by atoms with Crippen LogP contribution in [0.1, 0.15) is 17.8 Å². The molecule has 2 aliphatic rings. The largest absolute Gasteiger partial charge is 0.477 e. The number of carboxylic acid groups (broad SMARTS) is 1. The van der Waals surface area contributed by atoms with Gasteiger partial charge in [0.2, 0.25) is 5.91 Å². The normalized spacial score (nSPS) is 19.3. The molecule has 18 heteroatoms. The van der Waals surface area contributed by atoms with Gasteiger partial charge in [-0.25, -0.2) is 19.3 Å². The summed E-state index contributed by atoms with van der Waals surface area (Å²) in [6, 6.07) is 2.82. The van der Waals surface area contributed by atoms with Gasteiger partial charge in [-0.05, 0) is 18.5 Å². The molecule has 0 aromatic carbocycles. The molecule has 4 N–H and O–H groups in total. The Morgan fingerprint density at radius 2 is 2.19 bits per heavy atom. The second-order valence-electron chi connectivity index (χ2n) is 8.81. The van der Waals surface area contributed by atoms with Crippen LogP contribution >= 0.6 is 46.4 Å². The van der Waals surface area contributed by atoms with Gasteiger partial charge in [0.25, 0.3) is 0 Å².